The third-order valence-corrected chi connectivity index (χ3v) is 2.83. The third-order valence-electron chi connectivity index (χ3n) is 2.51. The van der Waals surface area contributed by atoms with E-state index in [1.165, 1.54) is 13.2 Å². The van der Waals surface area contributed by atoms with Gasteiger partial charge in [-0.3, -0.25) is 5.32 Å². The van der Waals surface area contributed by atoms with Crippen molar-refractivity contribution < 1.29 is 19.1 Å². The maximum absolute atomic E-state index is 12.0. The van der Waals surface area contributed by atoms with Gasteiger partial charge in [-0.25, -0.2) is 14.6 Å². The Morgan fingerprint density at radius 1 is 1.36 bits per heavy atom. The van der Waals surface area contributed by atoms with E-state index in [-0.39, 0.29) is 11.5 Å². The lowest BCUT2D eigenvalue weighted by atomic mass is 10.2. The van der Waals surface area contributed by atoms with Crippen molar-refractivity contribution in [2.24, 2.45) is 0 Å². The number of nitrogens with zero attached hydrogens (tertiary/aromatic N) is 1. The van der Waals surface area contributed by atoms with E-state index in [9.17, 15) is 9.59 Å². The molecule has 2 aromatic rings. The van der Waals surface area contributed by atoms with E-state index < -0.39 is 22.5 Å². The molecule has 0 aliphatic rings. The predicted octanol–water partition coefficient (Wildman–Crippen LogP) is 3.27. The number of ether oxygens (including phenoxy) is 2. The summed E-state index contributed by atoms with van der Waals surface area (Å²) in [5, 5.41) is 2.36. The molecule has 0 bridgehead atoms. The number of rotatable bonds is 3. The number of methoxy groups -OCH3 is 1. The summed E-state index contributed by atoms with van der Waals surface area (Å²) in [6.07, 6.45) is -0.695. The van der Waals surface area contributed by atoms with E-state index in [0.717, 1.165) is 0 Å². The Balaban J connectivity index is 2.26. The molecule has 0 atom stereocenters. The number of aromatic nitrogens is 2. The summed E-state index contributed by atoms with van der Waals surface area (Å²) in [4.78, 5) is 30.1. The number of amides is 1. The van der Waals surface area contributed by atoms with Crippen molar-refractivity contribution in [2.45, 2.75) is 3.79 Å². The number of imidazole rings is 1. The van der Waals surface area contributed by atoms with Crippen LogP contribution in [0.4, 0.5) is 10.7 Å². The summed E-state index contributed by atoms with van der Waals surface area (Å²) in [7, 11) is 1.22. The Hall–Kier alpha value is -1.70. The first kappa shape index (κ1) is 16.7. The molecule has 2 rings (SSSR count). The number of carbonyl (C=O) groups is 2. The number of benzene rings is 1. The second-order valence-corrected chi connectivity index (χ2v) is 6.61. The molecule has 22 heavy (non-hydrogen) atoms. The van der Waals surface area contributed by atoms with Crippen molar-refractivity contribution in [3.63, 3.8) is 0 Å². The van der Waals surface area contributed by atoms with Crippen molar-refractivity contribution >= 4 is 63.8 Å². The molecule has 0 saturated heterocycles. The van der Waals surface area contributed by atoms with Gasteiger partial charge in [-0.2, -0.15) is 0 Å². The van der Waals surface area contributed by atoms with Crippen molar-refractivity contribution in [1.29, 1.82) is 0 Å². The Kier molecular flexibility index (Phi) is 5.00. The normalized spacial score (nSPS) is 11.3. The lowest BCUT2D eigenvalue weighted by molar-refractivity contribution is 0.0514. The van der Waals surface area contributed by atoms with Crippen LogP contribution >= 0.6 is 34.8 Å². The highest BCUT2D eigenvalue weighted by molar-refractivity contribution is 6.67. The lowest BCUT2D eigenvalue weighted by Crippen LogP contribution is -2.17. The van der Waals surface area contributed by atoms with Crippen LogP contribution in [0.1, 0.15) is 10.4 Å². The molecular weight excluding hydrogens is 357 g/mol. The first-order chi connectivity index (χ1) is 10.3. The predicted molar refractivity (Wildman–Crippen MR) is 82.7 cm³/mol. The maximum Gasteiger partial charge on any atom is 0.413 e. The van der Waals surface area contributed by atoms with Crippen LogP contribution in [-0.4, -0.2) is 39.5 Å². The fourth-order valence-corrected chi connectivity index (χ4v) is 1.79. The topological polar surface area (TPSA) is 93.3 Å². The molecule has 1 amide bonds. The van der Waals surface area contributed by atoms with Crippen molar-refractivity contribution in [3.8, 4) is 0 Å². The Labute approximate surface area is 139 Å². The minimum Gasteiger partial charge on any atom is -0.457 e. The average Bonchev–Trinajstić information content (AvgIpc) is 2.85. The number of carbonyl (C=O) groups excluding carboxylic acids is 2. The van der Waals surface area contributed by atoms with Gasteiger partial charge in [0.15, 0.2) is 0 Å². The summed E-state index contributed by atoms with van der Waals surface area (Å²) in [6.45, 7) is -0.398. The van der Waals surface area contributed by atoms with Gasteiger partial charge >= 0.3 is 12.1 Å². The Morgan fingerprint density at radius 2 is 2.09 bits per heavy atom. The molecule has 0 aliphatic heterocycles. The summed E-state index contributed by atoms with van der Waals surface area (Å²) in [5.41, 5.74) is 0.999. The van der Waals surface area contributed by atoms with Crippen LogP contribution < -0.4 is 5.32 Å². The molecule has 0 aliphatic carbocycles. The molecular formula is C12H10Cl3N3O4. The van der Waals surface area contributed by atoms with E-state index in [4.69, 9.17) is 39.5 Å². The summed E-state index contributed by atoms with van der Waals surface area (Å²) in [5.74, 6) is -0.573. The quantitative estimate of drug-likeness (QED) is 0.642. The molecule has 7 nitrogen and oxygen atoms in total. The molecule has 0 unspecified atom stereocenters. The Morgan fingerprint density at radius 3 is 2.73 bits per heavy atom. The molecule has 118 valence electrons. The highest BCUT2D eigenvalue weighted by Crippen LogP contribution is 2.27. The van der Waals surface area contributed by atoms with Crippen LogP contribution in [0.2, 0.25) is 0 Å². The SMILES string of the molecule is COC(=O)Nc1nc2c(C(=O)OCC(Cl)(Cl)Cl)cccc2[nH]1. The van der Waals surface area contributed by atoms with Gasteiger partial charge in [0.2, 0.25) is 9.74 Å². The zero-order valence-electron chi connectivity index (χ0n) is 11.2. The van der Waals surface area contributed by atoms with Crippen LogP contribution in [0.5, 0.6) is 0 Å². The number of aromatic amines is 1. The van der Waals surface area contributed by atoms with Crippen molar-refractivity contribution in [2.75, 3.05) is 19.0 Å². The monoisotopic (exact) mass is 365 g/mol. The number of esters is 1. The molecule has 10 heteroatoms. The number of H-pyrrole nitrogens is 1. The van der Waals surface area contributed by atoms with E-state index in [1.807, 2.05) is 0 Å². The van der Waals surface area contributed by atoms with Crippen LogP contribution in [0.15, 0.2) is 18.2 Å². The molecule has 0 spiro atoms. The average molecular weight is 367 g/mol. The van der Waals surface area contributed by atoms with Gasteiger partial charge in [-0.05, 0) is 12.1 Å². The number of fused-ring (bicyclic) bond motifs is 1. The standard InChI is InChI=1S/C12H10Cl3N3O4/c1-21-11(20)18-10-16-7-4-2-3-6(8(7)17-10)9(19)22-5-12(13,14)15/h2-4H,5H2,1H3,(H2,16,17,18,20). The molecule has 1 heterocycles. The van der Waals surface area contributed by atoms with Gasteiger partial charge in [0.1, 0.15) is 12.1 Å². The minimum absolute atomic E-state index is 0.128. The highest BCUT2D eigenvalue weighted by atomic mass is 35.6. The number of anilines is 1. The number of halogens is 3. The van der Waals surface area contributed by atoms with Crippen molar-refractivity contribution in [1.82, 2.24) is 9.97 Å². The van der Waals surface area contributed by atoms with Gasteiger partial charge in [0.05, 0.1) is 18.2 Å². The number of para-hydroxylation sites is 1. The minimum atomic E-state index is -1.70. The number of alkyl halides is 3. The van der Waals surface area contributed by atoms with Crippen LogP contribution in [0, 0.1) is 0 Å². The molecule has 1 aromatic heterocycles. The summed E-state index contributed by atoms with van der Waals surface area (Å²) < 4.78 is 7.67. The van der Waals surface area contributed by atoms with Crippen LogP contribution in [-0.2, 0) is 9.47 Å². The van der Waals surface area contributed by atoms with Gasteiger partial charge in [-0.1, -0.05) is 40.9 Å². The number of hydrogen-bond donors (Lipinski definition) is 2. The molecule has 2 N–H and O–H groups in total. The van der Waals surface area contributed by atoms with E-state index in [1.54, 1.807) is 12.1 Å². The van der Waals surface area contributed by atoms with Crippen LogP contribution in [0.3, 0.4) is 0 Å². The van der Waals surface area contributed by atoms with Crippen LogP contribution in [0.25, 0.3) is 11.0 Å². The number of hydrogen-bond acceptors (Lipinski definition) is 5. The highest BCUT2D eigenvalue weighted by Gasteiger charge is 2.24. The molecule has 0 fully saturated rings. The van der Waals surface area contributed by atoms with E-state index in [0.29, 0.717) is 11.0 Å². The van der Waals surface area contributed by atoms with E-state index in [2.05, 4.69) is 20.0 Å². The van der Waals surface area contributed by atoms with E-state index >= 15 is 0 Å². The van der Waals surface area contributed by atoms with Crippen molar-refractivity contribution in [3.05, 3.63) is 23.8 Å². The summed E-state index contributed by atoms with van der Waals surface area (Å²) >= 11 is 16.6. The van der Waals surface area contributed by atoms with Gasteiger partial charge in [-0.15, -0.1) is 0 Å². The molecule has 0 saturated carbocycles. The first-order valence-corrected chi connectivity index (χ1v) is 7.01. The third kappa shape index (κ3) is 4.16. The zero-order valence-corrected chi connectivity index (χ0v) is 13.4. The van der Waals surface area contributed by atoms with Gasteiger partial charge in [0.25, 0.3) is 0 Å². The fraction of sp³-hybridized carbons (Fsp3) is 0.250. The lowest BCUT2D eigenvalue weighted by Gasteiger charge is -2.11. The fourth-order valence-electron chi connectivity index (χ4n) is 1.63. The molecule has 0 radical (unpaired) electrons. The second kappa shape index (κ2) is 6.60. The smallest absolute Gasteiger partial charge is 0.413 e. The Bertz CT molecular complexity index is 711. The maximum atomic E-state index is 12.0. The van der Waals surface area contributed by atoms with Gasteiger partial charge < -0.3 is 14.5 Å². The van der Waals surface area contributed by atoms with Gasteiger partial charge in [0, 0.05) is 0 Å². The first-order valence-electron chi connectivity index (χ1n) is 5.88. The largest absolute Gasteiger partial charge is 0.457 e. The number of nitrogens with one attached hydrogen (secondary N) is 2. The zero-order chi connectivity index (χ0) is 16.3. The molecule has 1 aromatic carbocycles. The second-order valence-electron chi connectivity index (χ2n) is 4.10. The summed E-state index contributed by atoms with van der Waals surface area (Å²) in [6, 6.07) is 4.80.